The van der Waals surface area contributed by atoms with Gasteiger partial charge in [-0.3, -0.25) is 0 Å². The Kier molecular flexibility index (Phi) is 10.6. The van der Waals surface area contributed by atoms with Gasteiger partial charge in [-0.05, 0) is 125 Å². The van der Waals surface area contributed by atoms with Crippen LogP contribution in [-0.4, -0.2) is 74.0 Å². The molecule has 54 heavy (non-hydrogen) atoms. The summed E-state index contributed by atoms with van der Waals surface area (Å²) in [7, 11) is 0. The van der Waals surface area contributed by atoms with E-state index in [2.05, 4.69) is 52.0 Å². The highest BCUT2D eigenvalue weighted by Gasteiger charge is 2.70. The molecule has 2 aliphatic carbocycles. The molecule has 8 saturated heterocycles. The molecule has 10 heteroatoms. The smallest absolute Gasteiger partial charge is 0.201 e. The summed E-state index contributed by atoms with van der Waals surface area (Å²) >= 11 is 0. The van der Waals surface area contributed by atoms with Gasteiger partial charge in [-0.2, -0.15) is 0 Å². The molecule has 10 fully saturated rings. The van der Waals surface area contributed by atoms with Crippen molar-refractivity contribution in [1.29, 1.82) is 0 Å². The maximum atomic E-state index is 6.77. The third-order valence-electron chi connectivity index (χ3n) is 15.8. The quantitative estimate of drug-likeness (QED) is 0.154. The van der Waals surface area contributed by atoms with Crippen LogP contribution < -0.4 is 0 Å². The van der Waals surface area contributed by atoms with Crippen molar-refractivity contribution in [3.8, 4) is 0 Å². The molecule has 0 N–H and O–H groups in total. The summed E-state index contributed by atoms with van der Waals surface area (Å²) in [5, 5.41) is 0. The van der Waals surface area contributed by atoms with E-state index in [1.54, 1.807) is 0 Å². The molecule has 8 heterocycles. The van der Waals surface area contributed by atoms with E-state index in [1.807, 2.05) is 13.8 Å². The molecule has 0 aromatic heterocycles. The van der Waals surface area contributed by atoms with Crippen molar-refractivity contribution in [2.75, 3.05) is 26.4 Å². The van der Waals surface area contributed by atoms with Gasteiger partial charge in [0.15, 0.2) is 23.8 Å². The maximum absolute atomic E-state index is 6.77. The number of benzene rings is 1. The van der Waals surface area contributed by atoms with Crippen LogP contribution in [0.5, 0.6) is 0 Å². The lowest BCUT2D eigenvalue weighted by Crippen LogP contribution is -2.70. The lowest BCUT2D eigenvalue weighted by molar-refractivity contribution is -0.571. The van der Waals surface area contributed by atoms with E-state index in [4.69, 9.17) is 48.0 Å². The van der Waals surface area contributed by atoms with Crippen molar-refractivity contribution >= 4 is 0 Å². The van der Waals surface area contributed by atoms with Crippen LogP contribution in [0.2, 0.25) is 0 Å². The SMILES string of the molecule is C[C@H]1[C@@H](CCOCCc2ccccc2CCOCC[C@H]2O[C@@H]3O[C@]4(C)CC[C@H]5[C@H](C)CC[C@@H]([C@H]2C)[C@@]35OO4)O[C@@H]2O[C@]3(C)CC[C@H]4[C@H](C)CC[C@@H]1[C@@]24OO3. The normalized spacial score (nSPS) is 49.1. The fourth-order valence-electron chi connectivity index (χ4n) is 12.6. The minimum absolute atomic E-state index is 0.0718. The second-order valence-electron chi connectivity index (χ2n) is 19.0. The molecule has 10 aliphatic rings. The summed E-state index contributed by atoms with van der Waals surface area (Å²) in [5.41, 5.74) is 1.64. The molecular formula is C44H66O10. The van der Waals surface area contributed by atoms with Crippen molar-refractivity contribution in [2.45, 2.75) is 166 Å². The summed E-state index contributed by atoms with van der Waals surface area (Å²) in [6, 6.07) is 8.70. The molecule has 8 aliphatic heterocycles. The molecule has 0 amide bonds. The summed E-state index contributed by atoms with van der Waals surface area (Å²) in [5.74, 6) is 1.84. The van der Waals surface area contributed by atoms with E-state index < -0.39 is 22.8 Å². The molecule has 4 bridgehead atoms. The topological polar surface area (TPSA) is 92.3 Å². The van der Waals surface area contributed by atoms with Gasteiger partial charge in [-0.15, -0.1) is 0 Å². The zero-order valence-electron chi connectivity index (χ0n) is 33.6. The van der Waals surface area contributed by atoms with E-state index >= 15 is 0 Å². The van der Waals surface area contributed by atoms with Crippen molar-refractivity contribution in [3.05, 3.63) is 35.4 Å². The van der Waals surface area contributed by atoms with Crippen LogP contribution in [0.1, 0.15) is 117 Å². The molecule has 1 aromatic carbocycles. The number of rotatable bonds is 12. The van der Waals surface area contributed by atoms with Crippen molar-refractivity contribution in [1.82, 2.24) is 0 Å². The number of fused-ring (bicyclic) bond motifs is 4. The zero-order chi connectivity index (χ0) is 37.3. The van der Waals surface area contributed by atoms with E-state index in [0.29, 0.717) is 73.8 Å². The fraction of sp³-hybridized carbons (Fsp3) is 0.864. The Balaban J connectivity index is 0.732. The highest BCUT2D eigenvalue weighted by Crippen LogP contribution is 2.62. The first-order valence-electron chi connectivity index (χ1n) is 21.7. The molecule has 10 nitrogen and oxygen atoms in total. The second-order valence-corrected chi connectivity index (χ2v) is 19.0. The molecule has 2 spiro atoms. The van der Waals surface area contributed by atoms with Gasteiger partial charge in [-0.25, -0.2) is 19.6 Å². The highest BCUT2D eigenvalue weighted by atomic mass is 17.3. The Bertz CT molecular complexity index is 1370. The first kappa shape index (κ1) is 38.3. The van der Waals surface area contributed by atoms with E-state index in [0.717, 1.165) is 64.2 Å². The van der Waals surface area contributed by atoms with Crippen LogP contribution in [0.25, 0.3) is 0 Å². The lowest BCUT2D eigenvalue weighted by Gasteiger charge is -2.60. The molecule has 302 valence electrons. The van der Waals surface area contributed by atoms with Gasteiger partial charge in [0.05, 0.1) is 25.4 Å². The van der Waals surface area contributed by atoms with Gasteiger partial charge in [0, 0.05) is 37.9 Å². The van der Waals surface area contributed by atoms with Crippen LogP contribution in [-0.2, 0) is 60.8 Å². The molecular weight excluding hydrogens is 688 g/mol. The number of ether oxygens (including phenoxy) is 6. The van der Waals surface area contributed by atoms with Crippen molar-refractivity contribution in [3.63, 3.8) is 0 Å². The second kappa shape index (κ2) is 14.9. The average molecular weight is 755 g/mol. The highest BCUT2D eigenvalue weighted by molar-refractivity contribution is 5.27. The average Bonchev–Trinajstić information content (AvgIpc) is 3.53. The van der Waals surface area contributed by atoms with E-state index in [9.17, 15) is 0 Å². The monoisotopic (exact) mass is 754 g/mol. The van der Waals surface area contributed by atoms with Gasteiger partial charge in [0.1, 0.15) is 0 Å². The molecule has 11 rings (SSSR count). The third-order valence-corrected chi connectivity index (χ3v) is 15.8. The summed E-state index contributed by atoms with van der Waals surface area (Å²) in [6.07, 6.45) is 11.3. The lowest BCUT2D eigenvalue weighted by atomic mass is 9.57. The van der Waals surface area contributed by atoms with Crippen LogP contribution in [0, 0.1) is 47.3 Å². The van der Waals surface area contributed by atoms with Gasteiger partial charge in [0.2, 0.25) is 11.6 Å². The molecule has 0 unspecified atom stereocenters. The van der Waals surface area contributed by atoms with E-state index in [1.165, 1.54) is 24.0 Å². The number of hydrogen-bond donors (Lipinski definition) is 0. The molecule has 2 saturated carbocycles. The van der Waals surface area contributed by atoms with Crippen LogP contribution in [0.4, 0.5) is 0 Å². The van der Waals surface area contributed by atoms with Crippen molar-refractivity contribution < 1.29 is 48.0 Å². The maximum Gasteiger partial charge on any atom is 0.201 e. The largest absolute Gasteiger partial charge is 0.381 e. The molecule has 0 radical (unpaired) electrons. The Hall–Kier alpha value is -1.18. The van der Waals surface area contributed by atoms with Gasteiger partial charge >= 0.3 is 0 Å². The van der Waals surface area contributed by atoms with Gasteiger partial charge in [-0.1, -0.05) is 52.0 Å². The summed E-state index contributed by atoms with van der Waals surface area (Å²) in [6.45, 7) is 16.1. The van der Waals surface area contributed by atoms with E-state index in [-0.39, 0.29) is 24.8 Å². The molecule has 1 aromatic rings. The standard InChI is InChI=1S/C44H66O10/c1-27-11-13-35-29(3)37(47-39-43(35)33(27)15-21-41(5,49-39)51-53-43)19-25-45-23-17-31-9-7-8-10-32(31)18-24-46-26-20-38-30(4)36-14-12-28(2)34-16-22-42(6)50-40(48-38)44(34,36)54-52-42/h7-10,27-30,33-40H,11-26H2,1-6H3/t27-,28-,29-,30-,33+,34+,35+,36+,37-,38-,39-,40-,41+,42+,43-,44-/m1/s1. The predicted molar refractivity (Wildman–Crippen MR) is 198 cm³/mol. The van der Waals surface area contributed by atoms with Crippen molar-refractivity contribution in [2.24, 2.45) is 47.3 Å². The van der Waals surface area contributed by atoms with Crippen LogP contribution >= 0.6 is 0 Å². The Morgan fingerprint density at radius 1 is 0.556 bits per heavy atom. The predicted octanol–water partition coefficient (Wildman–Crippen LogP) is 8.09. The summed E-state index contributed by atoms with van der Waals surface area (Å²) in [4.78, 5) is 24.6. The molecule has 16 atom stereocenters. The third kappa shape index (κ3) is 6.45. The Morgan fingerprint density at radius 3 is 1.44 bits per heavy atom. The zero-order valence-corrected chi connectivity index (χ0v) is 33.6. The van der Waals surface area contributed by atoms with Gasteiger partial charge in [0.25, 0.3) is 0 Å². The minimum Gasteiger partial charge on any atom is -0.381 e. The first-order valence-corrected chi connectivity index (χ1v) is 21.7. The fourth-order valence-corrected chi connectivity index (χ4v) is 12.6. The summed E-state index contributed by atoms with van der Waals surface area (Å²) < 4.78 is 39.2. The number of hydrogen-bond acceptors (Lipinski definition) is 10. The first-order chi connectivity index (χ1) is 26.1. The Morgan fingerprint density at radius 2 is 1.00 bits per heavy atom. The van der Waals surface area contributed by atoms with Gasteiger partial charge < -0.3 is 28.4 Å². The minimum atomic E-state index is -0.740. The van der Waals surface area contributed by atoms with Crippen LogP contribution in [0.3, 0.4) is 0 Å². The Labute approximate surface area is 322 Å². The van der Waals surface area contributed by atoms with Crippen LogP contribution in [0.15, 0.2) is 24.3 Å².